The average Bonchev–Trinajstić information content (AvgIpc) is 2.34. The zero-order chi connectivity index (χ0) is 17.6. The Hall–Kier alpha value is -1.39. The van der Waals surface area contributed by atoms with Gasteiger partial charge in [-0.15, -0.1) is 0 Å². The minimum absolute atomic E-state index is 0.0442. The van der Waals surface area contributed by atoms with Crippen molar-refractivity contribution in [3.8, 4) is 17.1 Å². The number of rotatable bonds is 1. The van der Waals surface area contributed by atoms with Crippen LogP contribution in [0.2, 0.25) is 10.6 Å². The van der Waals surface area contributed by atoms with Gasteiger partial charge in [0.05, 0.1) is 0 Å². The van der Waals surface area contributed by atoms with Crippen LogP contribution in [-0.4, -0.2) is 20.1 Å². The first-order valence-corrected chi connectivity index (χ1v) is 8.10. The van der Waals surface area contributed by atoms with Gasteiger partial charge in [0.1, 0.15) is 5.75 Å². The molecule has 4 nitrogen and oxygen atoms in total. The Labute approximate surface area is 146 Å². The second-order valence-electron chi connectivity index (χ2n) is 7.62. The molecule has 124 valence electrons. The molecule has 0 aliphatic carbocycles. The summed E-state index contributed by atoms with van der Waals surface area (Å²) in [4.78, 5) is 12.1. The van der Waals surface area contributed by atoms with E-state index in [1.807, 2.05) is 53.7 Å². The van der Waals surface area contributed by atoms with Crippen LogP contribution in [0.25, 0.3) is 11.4 Å². The monoisotopic (exact) mass is 353 g/mol. The van der Waals surface area contributed by atoms with Gasteiger partial charge in [-0.1, -0.05) is 41.5 Å². The van der Waals surface area contributed by atoms with Crippen LogP contribution in [-0.2, 0) is 10.8 Å². The molecule has 1 heterocycles. The summed E-state index contributed by atoms with van der Waals surface area (Å²) in [6.07, 6.45) is 0. The van der Waals surface area contributed by atoms with Crippen LogP contribution in [0.1, 0.15) is 52.7 Å². The van der Waals surface area contributed by atoms with Crippen LogP contribution in [0.5, 0.6) is 5.75 Å². The Morgan fingerprint density at radius 2 is 1.17 bits per heavy atom. The molecule has 0 radical (unpaired) electrons. The molecule has 1 aromatic heterocycles. The third kappa shape index (κ3) is 3.93. The summed E-state index contributed by atoms with van der Waals surface area (Å²) in [6.45, 7) is 12.3. The second kappa shape index (κ2) is 5.91. The van der Waals surface area contributed by atoms with Crippen molar-refractivity contribution in [3.63, 3.8) is 0 Å². The number of nitrogens with zero attached hydrogens (tertiary/aromatic N) is 3. The normalized spacial score (nSPS) is 12.5. The smallest absolute Gasteiger partial charge is 0.227 e. The summed E-state index contributed by atoms with van der Waals surface area (Å²) >= 11 is 11.8. The number of halogens is 2. The third-order valence-corrected chi connectivity index (χ3v) is 3.90. The Kier molecular flexibility index (Phi) is 4.62. The van der Waals surface area contributed by atoms with Gasteiger partial charge in [0.2, 0.25) is 10.6 Å². The fourth-order valence-corrected chi connectivity index (χ4v) is 2.73. The Morgan fingerprint density at radius 1 is 0.783 bits per heavy atom. The molecular weight excluding hydrogens is 333 g/mol. The molecule has 0 aliphatic rings. The number of benzene rings is 1. The van der Waals surface area contributed by atoms with Crippen molar-refractivity contribution in [1.82, 2.24) is 15.0 Å². The zero-order valence-electron chi connectivity index (χ0n) is 14.2. The summed E-state index contributed by atoms with van der Waals surface area (Å²) in [5, 5.41) is 10.8. The number of phenolic OH excluding ortho intramolecular Hbond substituents is 1. The molecule has 0 saturated heterocycles. The maximum atomic E-state index is 10.7. The van der Waals surface area contributed by atoms with Crippen molar-refractivity contribution in [3.05, 3.63) is 33.8 Å². The molecule has 23 heavy (non-hydrogen) atoms. The van der Waals surface area contributed by atoms with E-state index in [0.717, 1.165) is 16.7 Å². The zero-order valence-corrected chi connectivity index (χ0v) is 15.7. The molecular formula is C17H21Cl2N3O. The highest BCUT2D eigenvalue weighted by molar-refractivity contribution is 6.31. The highest BCUT2D eigenvalue weighted by Gasteiger charge is 2.27. The first kappa shape index (κ1) is 18.0. The molecule has 0 saturated carbocycles. The molecule has 1 N–H and O–H groups in total. The maximum Gasteiger partial charge on any atom is 0.227 e. The maximum absolute atomic E-state index is 10.7. The topological polar surface area (TPSA) is 58.9 Å². The van der Waals surface area contributed by atoms with Gasteiger partial charge >= 0.3 is 0 Å². The molecule has 0 atom stereocenters. The van der Waals surface area contributed by atoms with E-state index in [1.54, 1.807) is 0 Å². The standard InChI is InChI=1S/C17H21Cl2N3O/c1-16(2,3)10-7-9(8-11(12(10)23)17(4,5)6)13-20-14(18)22-15(19)21-13/h7-8,23H,1-6H3. The van der Waals surface area contributed by atoms with E-state index in [9.17, 15) is 5.11 Å². The van der Waals surface area contributed by atoms with Crippen molar-refractivity contribution in [1.29, 1.82) is 0 Å². The first-order chi connectivity index (χ1) is 10.4. The first-order valence-electron chi connectivity index (χ1n) is 7.35. The van der Waals surface area contributed by atoms with E-state index in [0.29, 0.717) is 11.6 Å². The van der Waals surface area contributed by atoms with Crippen LogP contribution in [0, 0.1) is 0 Å². The van der Waals surface area contributed by atoms with Crippen LogP contribution in [0.4, 0.5) is 0 Å². The van der Waals surface area contributed by atoms with Crippen LogP contribution >= 0.6 is 23.2 Å². The van der Waals surface area contributed by atoms with Crippen LogP contribution < -0.4 is 0 Å². The third-order valence-electron chi connectivity index (χ3n) is 3.56. The van der Waals surface area contributed by atoms with Crippen molar-refractivity contribution in [2.24, 2.45) is 0 Å². The summed E-state index contributed by atoms with van der Waals surface area (Å²) in [7, 11) is 0. The second-order valence-corrected chi connectivity index (χ2v) is 8.29. The van der Waals surface area contributed by atoms with Gasteiger partial charge in [-0.2, -0.15) is 15.0 Å². The summed E-state index contributed by atoms with van der Waals surface area (Å²) in [5.74, 6) is 0.700. The van der Waals surface area contributed by atoms with Gasteiger partial charge in [-0.3, -0.25) is 0 Å². The van der Waals surface area contributed by atoms with Gasteiger partial charge < -0.3 is 5.11 Å². The molecule has 2 aromatic rings. The van der Waals surface area contributed by atoms with E-state index < -0.39 is 0 Å². The number of aromatic hydroxyl groups is 1. The van der Waals surface area contributed by atoms with E-state index in [2.05, 4.69) is 15.0 Å². The number of hydrogen-bond acceptors (Lipinski definition) is 4. The van der Waals surface area contributed by atoms with Crippen molar-refractivity contribution >= 4 is 23.2 Å². The largest absolute Gasteiger partial charge is 0.507 e. The van der Waals surface area contributed by atoms with E-state index in [4.69, 9.17) is 23.2 Å². The van der Waals surface area contributed by atoms with Gasteiger partial charge in [-0.25, -0.2) is 0 Å². The molecule has 6 heteroatoms. The fraction of sp³-hybridized carbons (Fsp3) is 0.471. The molecule has 0 spiro atoms. The molecule has 0 fully saturated rings. The van der Waals surface area contributed by atoms with Crippen LogP contribution in [0.15, 0.2) is 12.1 Å². The lowest BCUT2D eigenvalue weighted by Gasteiger charge is -2.28. The molecule has 0 unspecified atom stereocenters. The van der Waals surface area contributed by atoms with Gasteiger partial charge in [0, 0.05) is 16.7 Å². The minimum atomic E-state index is -0.235. The van der Waals surface area contributed by atoms with E-state index in [-0.39, 0.29) is 21.4 Å². The number of phenols is 1. The predicted molar refractivity (Wildman–Crippen MR) is 94.3 cm³/mol. The van der Waals surface area contributed by atoms with Gasteiger partial charge in [0.15, 0.2) is 5.82 Å². The molecule has 0 aliphatic heterocycles. The Bertz CT molecular complexity index is 691. The number of hydrogen-bond donors (Lipinski definition) is 1. The van der Waals surface area contributed by atoms with Crippen LogP contribution in [0.3, 0.4) is 0 Å². The SMILES string of the molecule is CC(C)(C)c1cc(-c2nc(Cl)nc(Cl)n2)cc(C(C)(C)C)c1O. The molecule has 1 aromatic carbocycles. The lowest BCUT2D eigenvalue weighted by Crippen LogP contribution is -2.17. The Morgan fingerprint density at radius 3 is 1.52 bits per heavy atom. The molecule has 2 rings (SSSR count). The minimum Gasteiger partial charge on any atom is -0.507 e. The fourth-order valence-electron chi connectivity index (χ4n) is 2.36. The molecule has 0 amide bonds. The lowest BCUT2D eigenvalue weighted by molar-refractivity contribution is 0.423. The lowest BCUT2D eigenvalue weighted by atomic mass is 9.78. The summed E-state index contributed by atoms with van der Waals surface area (Å²) in [5.41, 5.74) is 1.94. The number of aromatic nitrogens is 3. The van der Waals surface area contributed by atoms with E-state index in [1.165, 1.54) is 0 Å². The summed E-state index contributed by atoms with van der Waals surface area (Å²) < 4.78 is 0. The predicted octanol–water partition coefficient (Wildman–Crippen LogP) is 5.15. The van der Waals surface area contributed by atoms with Gasteiger partial charge in [-0.05, 0) is 46.2 Å². The quantitative estimate of drug-likeness (QED) is 0.770. The van der Waals surface area contributed by atoms with Crippen molar-refractivity contribution in [2.75, 3.05) is 0 Å². The van der Waals surface area contributed by atoms with Crippen molar-refractivity contribution in [2.45, 2.75) is 52.4 Å². The van der Waals surface area contributed by atoms with Gasteiger partial charge in [0.25, 0.3) is 0 Å². The van der Waals surface area contributed by atoms with E-state index >= 15 is 0 Å². The highest BCUT2D eigenvalue weighted by Crippen LogP contribution is 2.41. The average molecular weight is 354 g/mol. The van der Waals surface area contributed by atoms with Crippen molar-refractivity contribution < 1.29 is 5.11 Å². The summed E-state index contributed by atoms with van der Waals surface area (Å²) in [6, 6.07) is 3.76. The molecule has 0 bridgehead atoms. The highest BCUT2D eigenvalue weighted by atomic mass is 35.5. The Balaban J connectivity index is 2.79.